The van der Waals surface area contributed by atoms with Gasteiger partial charge in [-0.15, -0.1) is 0 Å². The molecule has 18 heavy (non-hydrogen) atoms. The number of nitrogens with two attached hydrogens (primary N) is 1. The molecule has 1 aromatic carbocycles. The molecule has 0 saturated carbocycles. The minimum atomic E-state index is 0.681. The van der Waals surface area contributed by atoms with Gasteiger partial charge in [-0.2, -0.15) is 0 Å². The molecule has 2 nitrogen and oxygen atoms in total. The summed E-state index contributed by atoms with van der Waals surface area (Å²) in [7, 11) is 0. The van der Waals surface area contributed by atoms with Crippen LogP contribution < -0.4 is 10.6 Å². The predicted molar refractivity (Wildman–Crippen MR) is 79.0 cm³/mol. The molecule has 0 aromatic heterocycles. The van der Waals surface area contributed by atoms with Crippen LogP contribution in [0.15, 0.2) is 24.3 Å². The van der Waals surface area contributed by atoms with Crippen LogP contribution in [0.1, 0.15) is 38.2 Å². The molecule has 0 bridgehead atoms. The van der Waals surface area contributed by atoms with E-state index in [1.807, 2.05) is 0 Å². The highest BCUT2D eigenvalue weighted by atomic mass is 15.1. The van der Waals surface area contributed by atoms with Crippen LogP contribution in [-0.2, 0) is 6.42 Å². The van der Waals surface area contributed by atoms with Crippen molar-refractivity contribution < 1.29 is 0 Å². The fraction of sp³-hybridized carbons (Fsp3) is 0.625. The molecule has 0 fully saturated rings. The Balaban J connectivity index is 2.03. The Bertz CT molecular complexity index is 358. The number of benzene rings is 1. The van der Waals surface area contributed by atoms with E-state index in [4.69, 9.17) is 5.73 Å². The van der Waals surface area contributed by atoms with Crippen molar-refractivity contribution >= 4 is 5.69 Å². The first-order valence-corrected chi connectivity index (χ1v) is 7.38. The number of anilines is 1. The van der Waals surface area contributed by atoms with E-state index in [9.17, 15) is 0 Å². The molecule has 0 spiro atoms. The Morgan fingerprint density at radius 3 is 2.89 bits per heavy atom. The normalized spacial score (nSPS) is 17.1. The number of fused-ring (bicyclic) bond motifs is 1. The highest BCUT2D eigenvalue weighted by Gasteiger charge is 2.15. The van der Waals surface area contributed by atoms with Crippen molar-refractivity contribution in [3.8, 4) is 0 Å². The highest BCUT2D eigenvalue weighted by molar-refractivity contribution is 5.54. The van der Waals surface area contributed by atoms with Gasteiger partial charge in [0.15, 0.2) is 0 Å². The van der Waals surface area contributed by atoms with Gasteiger partial charge in [0.2, 0.25) is 0 Å². The smallest absolute Gasteiger partial charge is 0.0398 e. The number of hydrogen-bond donors (Lipinski definition) is 1. The predicted octanol–water partition coefficient (Wildman–Crippen LogP) is 3.20. The SMILES string of the molecule is CCC(CN)CCN1CCCCc2ccccc21. The van der Waals surface area contributed by atoms with E-state index in [0.717, 1.165) is 13.1 Å². The van der Waals surface area contributed by atoms with Crippen molar-refractivity contribution in [2.24, 2.45) is 11.7 Å². The molecule has 0 radical (unpaired) electrons. The lowest BCUT2D eigenvalue weighted by molar-refractivity contribution is 0.477. The summed E-state index contributed by atoms with van der Waals surface area (Å²) in [5.74, 6) is 0.681. The van der Waals surface area contributed by atoms with Crippen LogP contribution in [-0.4, -0.2) is 19.6 Å². The molecule has 0 amide bonds. The second kappa shape index (κ2) is 6.79. The largest absolute Gasteiger partial charge is 0.371 e. The average molecular weight is 246 g/mol. The van der Waals surface area contributed by atoms with E-state index in [1.54, 1.807) is 0 Å². The van der Waals surface area contributed by atoms with E-state index in [-0.39, 0.29) is 0 Å². The molecule has 100 valence electrons. The van der Waals surface area contributed by atoms with Gasteiger partial charge in [-0.25, -0.2) is 0 Å². The standard InChI is InChI=1S/C16H26N2/c1-2-14(13-17)10-12-18-11-6-5-8-15-7-3-4-9-16(15)18/h3-4,7,9,14H,2,5-6,8,10-13,17H2,1H3. The Kier molecular flexibility index (Phi) is 5.06. The zero-order valence-corrected chi connectivity index (χ0v) is 11.6. The fourth-order valence-electron chi connectivity index (χ4n) is 2.83. The number of aryl methyl sites for hydroxylation is 1. The minimum absolute atomic E-state index is 0.681. The molecule has 1 aromatic rings. The first-order valence-electron chi connectivity index (χ1n) is 7.38. The second-order valence-electron chi connectivity index (χ2n) is 5.37. The third-order valence-electron chi connectivity index (χ3n) is 4.17. The van der Waals surface area contributed by atoms with Crippen LogP contribution in [0.2, 0.25) is 0 Å². The van der Waals surface area contributed by atoms with Crippen molar-refractivity contribution in [1.82, 2.24) is 0 Å². The third-order valence-corrected chi connectivity index (χ3v) is 4.17. The van der Waals surface area contributed by atoms with Gasteiger partial charge in [-0.05, 0) is 49.8 Å². The number of nitrogens with zero attached hydrogens (tertiary/aromatic N) is 1. The average Bonchev–Trinajstić information content (AvgIpc) is 2.62. The molecule has 2 heteroatoms. The van der Waals surface area contributed by atoms with E-state index >= 15 is 0 Å². The summed E-state index contributed by atoms with van der Waals surface area (Å²) in [6, 6.07) is 8.90. The van der Waals surface area contributed by atoms with Gasteiger partial charge >= 0.3 is 0 Å². The maximum Gasteiger partial charge on any atom is 0.0398 e. The first-order chi connectivity index (χ1) is 8.85. The van der Waals surface area contributed by atoms with E-state index < -0.39 is 0 Å². The van der Waals surface area contributed by atoms with E-state index in [2.05, 4.69) is 36.1 Å². The quantitative estimate of drug-likeness (QED) is 0.864. The van der Waals surface area contributed by atoms with Gasteiger partial charge in [0.1, 0.15) is 0 Å². The molecule has 1 atom stereocenters. The monoisotopic (exact) mass is 246 g/mol. The Morgan fingerprint density at radius 2 is 2.11 bits per heavy atom. The van der Waals surface area contributed by atoms with E-state index in [0.29, 0.717) is 5.92 Å². The lowest BCUT2D eigenvalue weighted by Gasteiger charge is -2.26. The Hall–Kier alpha value is -1.02. The van der Waals surface area contributed by atoms with Crippen LogP contribution >= 0.6 is 0 Å². The number of rotatable bonds is 5. The summed E-state index contributed by atoms with van der Waals surface area (Å²) >= 11 is 0. The first kappa shape index (κ1) is 13.4. The number of hydrogen-bond acceptors (Lipinski definition) is 2. The van der Waals surface area contributed by atoms with Crippen LogP contribution in [0.5, 0.6) is 0 Å². The van der Waals surface area contributed by atoms with Crippen LogP contribution in [0.25, 0.3) is 0 Å². The van der Waals surface area contributed by atoms with Crippen molar-refractivity contribution in [2.45, 2.75) is 39.0 Å². The summed E-state index contributed by atoms with van der Waals surface area (Å²) in [6.45, 7) is 5.44. The second-order valence-corrected chi connectivity index (χ2v) is 5.37. The van der Waals surface area contributed by atoms with Crippen molar-refractivity contribution in [2.75, 3.05) is 24.5 Å². The van der Waals surface area contributed by atoms with Crippen LogP contribution in [0.4, 0.5) is 5.69 Å². The topological polar surface area (TPSA) is 29.3 Å². The van der Waals surface area contributed by atoms with Gasteiger partial charge < -0.3 is 10.6 Å². The molecule has 1 heterocycles. The molecule has 0 saturated heterocycles. The molecule has 1 unspecified atom stereocenters. The van der Waals surface area contributed by atoms with E-state index in [1.165, 1.54) is 49.9 Å². The van der Waals surface area contributed by atoms with Gasteiger partial charge in [0.25, 0.3) is 0 Å². The van der Waals surface area contributed by atoms with Gasteiger partial charge in [0.05, 0.1) is 0 Å². The van der Waals surface area contributed by atoms with Crippen molar-refractivity contribution in [3.63, 3.8) is 0 Å². The van der Waals surface area contributed by atoms with Crippen molar-refractivity contribution in [1.29, 1.82) is 0 Å². The summed E-state index contributed by atoms with van der Waals surface area (Å²) in [5, 5.41) is 0. The summed E-state index contributed by atoms with van der Waals surface area (Å²) in [5.41, 5.74) is 8.79. The Labute approximate surface area is 111 Å². The number of para-hydroxylation sites is 1. The van der Waals surface area contributed by atoms with Gasteiger partial charge in [0, 0.05) is 18.8 Å². The molecular weight excluding hydrogens is 220 g/mol. The molecule has 2 N–H and O–H groups in total. The highest BCUT2D eigenvalue weighted by Crippen LogP contribution is 2.26. The van der Waals surface area contributed by atoms with Crippen LogP contribution in [0.3, 0.4) is 0 Å². The van der Waals surface area contributed by atoms with Crippen molar-refractivity contribution in [3.05, 3.63) is 29.8 Å². The summed E-state index contributed by atoms with van der Waals surface area (Å²) in [4.78, 5) is 2.57. The minimum Gasteiger partial charge on any atom is -0.371 e. The van der Waals surface area contributed by atoms with Gasteiger partial charge in [-0.1, -0.05) is 31.5 Å². The zero-order chi connectivity index (χ0) is 12.8. The maximum atomic E-state index is 5.81. The maximum absolute atomic E-state index is 5.81. The molecular formula is C16H26N2. The fourth-order valence-corrected chi connectivity index (χ4v) is 2.83. The van der Waals surface area contributed by atoms with Gasteiger partial charge in [-0.3, -0.25) is 0 Å². The zero-order valence-electron chi connectivity index (χ0n) is 11.6. The molecule has 1 aliphatic heterocycles. The molecule has 0 aliphatic carbocycles. The Morgan fingerprint density at radius 1 is 1.28 bits per heavy atom. The van der Waals surface area contributed by atoms with Crippen LogP contribution in [0, 0.1) is 5.92 Å². The summed E-state index contributed by atoms with van der Waals surface area (Å²) in [6.07, 6.45) is 6.30. The molecule has 1 aliphatic rings. The summed E-state index contributed by atoms with van der Waals surface area (Å²) < 4.78 is 0. The lowest BCUT2D eigenvalue weighted by atomic mass is 10.0. The molecule has 2 rings (SSSR count). The lowest BCUT2D eigenvalue weighted by Crippen LogP contribution is -2.28. The third kappa shape index (κ3) is 3.26.